The van der Waals surface area contributed by atoms with Crippen LogP contribution in [0.1, 0.15) is 5.01 Å². The molecule has 2 aromatic rings. The molecule has 2 amide bonds. The number of alkyl halides is 3. The molecule has 2 rings (SSSR count). The van der Waals surface area contributed by atoms with Gasteiger partial charge in [0.15, 0.2) is 0 Å². The Labute approximate surface area is 119 Å². The van der Waals surface area contributed by atoms with Crippen LogP contribution in [0, 0.1) is 0 Å². The van der Waals surface area contributed by atoms with Crippen LogP contribution >= 0.6 is 22.9 Å². The highest BCUT2D eigenvalue weighted by Crippen LogP contribution is 2.32. The molecule has 0 atom stereocenters. The first kappa shape index (κ1) is 14.5. The van der Waals surface area contributed by atoms with Gasteiger partial charge in [0.1, 0.15) is 0 Å². The Kier molecular flexibility index (Phi) is 4.09. The van der Waals surface area contributed by atoms with Gasteiger partial charge in [-0.1, -0.05) is 29.0 Å². The first-order valence-corrected chi connectivity index (χ1v) is 6.28. The summed E-state index contributed by atoms with van der Waals surface area (Å²) in [6.45, 7) is 0. The third kappa shape index (κ3) is 3.81. The van der Waals surface area contributed by atoms with Crippen molar-refractivity contribution in [1.82, 2.24) is 10.2 Å². The van der Waals surface area contributed by atoms with Crippen LogP contribution in [0.4, 0.5) is 28.8 Å². The van der Waals surface area contributed by atoms with Crippen LogP contribution in [0.5, 0.6) is 0 Å². The maximum Gasteiger partial charge on any atom is 0.445 e. The minimum Gasteiger partial charge on any atom is -0.308 e. The average molecular weight is 323 g/mol. The van der Waals surface area contributed by atoms with Crippen LogP contribution in [-0.4, -0.2) is 16.2 Å². The minimum atomic E-state index is -4.58. The topological polar surface area (TPSA) is 66.9 Å². The Morgan fingerprint density at radius 1 is 1.25 bits per heavy atom. The van der Waals surface area contributed by atoms with Crippen molar-refractivity contribution in [2.24, 2.45) is 0 Å². The smallest absolute Gasteiger partial charge is 0.308 e. The van der Waals surface area contributed by atoms with Gasteiger partial charge in [0.05, 0.1) is 0 Å². The van der Waals surface area contributed by atoms with E-state index in [0.29, 0.717) is 10.7 Å². The molecule has 10 heteroatoms. The number of nitrogens with zero attached hydrogens (tertiary/aromatic N) is 2. The van der Waals surface area contributed by atoms with Crippen LogP contribution < -0.4 is 10.6 Å². The number of aromatic nitrogens is 2. The Morgan fingerprint density at radius 3 is 2.60 bits per heavy atom. The number of carbonyl (C=O) groups excluding carboxylic acids is 1. The first-order chi connectivity index (χ1) is 9.34. The summed E-state index contributed by atoms with van der Waals surface area (Å²) in [6.07, 6.45) is -4.58. The second-order valence-corrected chi connectivity index (χ2v) is 4.91. The van der Waals surface area contributed by atoms with Gasteiger partial charge in [0.25, 0.3) is 0 Å². The lowest BCUT2D eigenvalue weighted by Crippen LogP contribution is -2.19. The minimum absolute atomic E-state index is 0.237. The van der Waals surface area contributed by atoms with E-state index in [4.69, 9.17) is 11.6 Å². The predicted octanol–water partition coefficient (Wildman–Crippen LogP) is 3.85. The highest BCUT2D eigenvalue weighted by atomic mass is 35.5. The van der Waals surface area contributed by atoms with Gasteiger partial charge in [-0.25, -0.2) is 4.79 Å². The van der Waals surface area contributed by atoms with Crippen molar-refractivity contribution in [1.29, 1.82) is 0 Å². The fourth-order valence-electron chi connectivity index (χ4n) is 1.21. The number of anilines is 2. The lowest BCUT2D eigenvalue weighted by molar-refractivity contribution is -0.138. The number of rotatable bonds is 2. The molecule has 1 aromatic heterocycles. The fraction of sp³-hybridized carbons (Fsp3) is 0.100. The van der Waals surface area contributed by atoms with Gasteiger partial charge in [0, 0.05) is 10.7 Å². The molecule has 0 fully saturated rings. The van der Waals surface area contributed by atoms with Crippen LogP contribution in [0.2, 0.25) is 5.02 Å². The van der Waals surface area contributed by atoms with Gasteiger partial charge < -0.3 is 5.32 Å². The summed E-state index contributed by atoms with van der Waals surface area (Å²) in [6, 6.07) is 5.56. The lowest BCUT2D eigenvalue weighted by atomic mass is 10.3. The molecule has 0 radical (unpaired) electrons. The number of nitrogens with one attached hydrogen (secondary N) is 2. The Hall–Kier alpha value is -1.87. The number of carbonyl (C=O) groups is 1. The third-order valence-electron chi connectivity index (χ3n) is 1.97. The van der Waals surface area contributed by atoms with Gasteiger partial charge in [-0.05, 0) is 18.2 Å². The van der Waals surface area contributed by atoms with Crippen LogP contribution in [-0.2, 0) is 6.18 Å². The summed E-state index contributed by atoms with van der Waals surface area (Å²) in [7, 11) is 0. The molecular formula is C10H6ClF3N4OS. The van der Waals surface area contributed by atoms with Gasteiger partial charge in [0.2, 0.25) is 10.1 Å². The average Bonchev–Trinajstić information content (AvgIpc) is 2.76. The molecule has 0 unspecified atom stereocenters. The van der Waals surface area contributed by atoms with E-state index >= 15 is 0 Å². The van der Waals surface area contributed by atoms with E-state index < -0.39 is 17.2 Å². The van der Waals surface area contributed by atoms with E-state index in [1.807, 2.05) is 0 Å². The molecule has 5 nitrogen and oxygen atoms in total. The highest BCUT2D eigenvalue weighted by Gasteiger charge is 2.35. The maximum atomic E-state index is 12.3. The fourth-order valence-corrected chi connectivity index (χ4v) is 2.01. The number of hydrogen-bond acceptors (Lipinski definition) is 4. The number of benzene rings is 1. The Balaban J connectivity index is 2.00. The molecule has 0 aliphatic rings. The summed E-state index contributed by atoms with van der Waals surface area (Å²) >= 11 is 5.96. The van der Waals surface area contributed by atoms with Gasteiger partial charge in [-0.3, -0.25) is 5.32 Å². The summed E-state index contributed by atoms with van der Waals surface area (Å²) in [4.78, 5) is 11.5. The van der Waals surface area contributed by atoms with E-state index in [0.717, 1.165) is 0 Å². The SMILES string of the molecule is O=C(Nc1cccc(Cl)c1)Nc1nnc(C(F)(F)F)s1. The van der Waals surface area contributed by atoms with Gasteiger partial charge in [-0.2, -0.15) is 13.2 Å². The van der Waals surface area contributed by atoms with Crippen molar-refractivity contribution < 1.29 is 18.0 Å². The van der Waals surface area contributed by atoms with Crippen molar-refractivity contribution in [2.45, 2.75) is 6.18 Å². The number of hydrogen-bond donors (Lipinski definition) is 2. The third-order valence-corrected chi connectivity index (χ3v) is 3.09. The van der Waals surface area contributed by atoms with Gasteiger partial charge >= 0.3 is 12.2 Å². The van der Waals surface area contributed by atoms with E-state index in [-0.39, 0.29) is 16.5 Å². The zero-order valence-corrected chi connectivity index (χ0v) is 11.1. The van der Waals surface area contributed by atoms with Crippen molar-refractivity contribution in [3.05, 3.63) is 34.3 Å². The maximum absolute atomic E-state index is 12.3. The van der Waals surface area contributed by atoms with Crippen molar-refractivity contribution >= 4 is 39.8 Å². The van der Waals surface area contributed by atoms with Crippen molar-refractivity contribution in [3.63, 3.8) is 0 Å². The summed E-state index contributed by atoms with van der Waals surface area (Å²) in [5.74, 6) is 0. The van der Waals surface area contributed by atoms with Crippen molar-refractivity contribution in [2.75, 3.05) is 10.6 Å². The number of amides is 2. The van der Waals surface area contributed by atoms with E-state index in [1.165, 1.54) is 6.07 Å². The molecule has 0 bridgehead atoms. The molecule has 1 aromatic carbocycles. The normalized spacial score (nSPS) is 11.2. The standard InChI is InChI=1S/C10H6ClF3N4OS/c11-5-2-1-3-6(4-5)15-8(19)16-9-18-17-7(20-9)10(12,13)14/h1-4H,(H2,15,16,18,19). The van der Waals surface area contributed by atoms with E-state index in [9.17, 15) is 18.0 Å². The molecular weight excluding hydrogens is 317 g/mol. The summed E-state index contributed by atoms with van der Waals surface area (Å²) in [5, 5.41) is 9.76. The zero-order chi connectivity index (χ0) is 14.8. The van der Waals surface area contributed by atoms with E-state index in [2.05, 4.69) is 20.8 Å². The van der Waals surface area contributed by atoms with Crippen LogP contribution in [0.3, 0.4) is 0 Å². The lowest BCUT2D eigenvalue weighted by Gasteiger charge is -2.05. The molecule has 0 saturated heterocycles. The molecule has 2 N–H and O–H groups in total. The number of halogens is 4. The van der Waals surface area contributed by atoms with E-state index in [1.54, 1.807) is 18.2 Å². The first-order valence-electron chi connectivity index (χ1n) is 5.09. The monoisotopic (exact) mass is 322 g/mol. The Morgan fingerprint density at radius 2 is 2.00 bits per heavy atom. The highest BCUT2D eigenvalue weighted by molar-refractivity contribution is 7.15. The largest absolute Gasteiger partial charge is 0.445 e. The molecule has 20 heavy (non-hydrogen) atoms. The zero-order valence-electron chi connectivity index (χ0n) is 9.53. The summed E-state index contributed by atoms with van der Waals surface area (Å²) < 4.78 is 36.9. The second kappa shape index (κ2) is 5.63. The predicted molar refractivity (Wildman–Crippen MR) is 69.0 cm³/mol. The quantitative estimate of drug-likeness (QED) is 0.882. The van der Waals surface area contributed by atoms with Crippen molar-refractivity contribution in [3.8, 4) is 0 Å². The molecule has 106 valence electrons. The molecule has 0 spiro atoms. The molecule has 0 aliphatic heterocycles. The second-order valence-electron chi connectivity index (χ2n) is 3.50. The molecule has 0 aliphatic carbocycles. The molecule has 0 saturated carbocycles. The van der Waals surface area contributed by atoms with Gasteiger partial charge in [-0.15, -0.1) is 10.2 Å². The summed E-state index contributed by atoms with van der Waals surface area (Å²) in [5.41, 5.74) is 0.399. The Bertz CT molecular complexity index is 631. The molecule has 1 heterocycles. The van der Waals surface area contributed by atoms with Crippen LogP contribution in [0.25, 0.3) is 0 Å². The number of urea groups is 1. The van der Waals surface area contributed by atoms with Crippen LogP contribution in [0.15, 0.2) is 24.3 Å².